The zero-order chi connectivity index (χ0) is 26.1. The molecule has 0 amide bonds. The van der Waals surface area contributed by atoms with E-state index in [1.165, 1.54) is 31.5 Å². The van der Waals surface area contributed by atoms with E-state index < -0.39 is 41.2 Å². The molecule has 0 radical (unpaired) electrons. The van der Waals surface area contributed by atoms with Crippen molar-refractivity contribution in [3.63, 3.8) is 0 Å². The number of hydrogen-bond donors (Lipinski definition) is 1. The molecule has 0 bridgehead atoms. The number of esters is 1. The van der Waals surface area contributed by atoms with Crippen molar-refractivity contribution in [2.45, 2.75) is 30.2 Å². The van der Waals surface area contributed by atoms with Crippen LogP contribution in [0.5, 0.6) is 5.75 Å². The van der Waals surface area contributed by atoms with E-state index in [0.717, 1.165) is 12.1 Å². The maximum Gasteiger partial charge on any atom is 0.416 e. The number of carbonyl (C=O) groups excluding carboxylic acids is 2. The summed E-state index contributed by atoms with van der Waals surface area (Å²) >= 11 is 6.10. The SMILES string of the molecule is COC(=O)[C@@H]1[C@@H](c2ccccc2)[C@@](Oc2cc(Cl)cnc2C=O)(c2ccc(C(F)(F)F)cc2)C[C@@H]1O. The molecular formula is C26H21ClF3NO5. The fourth-order valence-electron chi connectivity index (χ4n) is 4.84. The molecule has 4 atom stereocenters. The lowest BCUT2D eigenvalue weighted by molar-refractivity contribution is -0.149. The molecule has 1 fully saturated rings. The highest BCUT2D eigenvalue weighted by Crippen LogP contribution is 2.56. The summed E-state index contributed by atoms with van der Waals surface area (Å²) in [5.74, 6) is -2.78. The average molecular weight is 520 g/mol. The van der Waals surface area contributed by atoms with Crippen molar-refractivity contribution in [2.24, 2.45) is 5.92 Å². The highest BCUT2D eigenvalue weighted by molar-refractivity contribution is 6.30. The van der Waals surface area contributed by atoms with Gasteiger partial charge in [-0.05, 0) is 23.3 Å². The lowest BCUT2D eigenvalue weighted by atomic mass is 9.76. The maximum absolute atomic E-state index is 13.3. The summed E-state index contributed by atoms with van der Waals surface area (Å²) in [6.07, 6.45) is -4.35. The lowest BCUT2D eigenvalue weighted by Gasteiger charge is -2.38. The third-order valence-corrected chi connectivity index (χ3v) is 6.58. The van der Waals surface area contributed by atoms with E-state index in [1.54, 1.807) is 30.3 Å². The number of aromatic nitrogens is 1. The van der Waals surface area contributed by atoms with Crippen LogP contribution in [0.2, 0.25) is 5.02 Å². The first-order chi connectivity index (χ1) is 17.1. The zero-order valence-corrected chi connectivity index (χ0v) is 19.7. The van der Waals surface area contributed by atoms with Gasteiger partial charge in [0.15, 0.2) is 12.0 Å². The van der Waals surface area contributed by atoms with E-state index >= 15 is 0 Å². The molecule has 0 aliphatic heterocycles. The van der Waals surface area contributed by atoms with Crippen molar-refractivity contribution < 1.29 is 37.3 Å². The Morgan fingerprint density at radius 2 is 1.83 bits per heavy atom. The maximum atomic E-state index is 13.3. The van der Waals surface area contributed by atoms with Gasteiger partial charge >= 0.3 is 12.1 Å². The number of carbonyl (C=O) groups is 2. The Kier molecular flexibility index (Phi) is 7.06. The third-order valence-electron chi connectivity index (χ3n) is 6.37. The number of methoxy groups -OCH3 is 1. The van der Waals surface area contributed by atoms with Crippen molar-refractivity contribution in [1.82, 2.24) is 4.98 Å². The minimum Gasteiger partial charge on any atom is -0.479 e. The number of aliphatic hydroxyl groups is 1. The standard InChI is InChI=1S/C26H21ClF3NO5/c1-35-24(34)22-20(33)12-25(23(22)15-5-3-2-4-6-15,16-7-9-17(10-8-16)26(28,29)30)36-21-11-18(27)13-31-19(21)14-32/h2-11,13-14,20,22-23,33H,12H2,1H3/t20-,22-,23+,25-/m0/s1. The van der Waals surface area contributed by atoms with Gasteiger partial charge in [0, 0.05) is 24.6 Å². The molecular weight excluding hydrogens is 499 g/mol. The van der Waals surface area contributed by atoms with Crippen molar-refractivity contribution in [1.29, 1.82) is 0 Å². The molecule has 6 nitrogen and oxygen atoms in total. The van der Waals surface area contributed by atoms with Gasteiger partial charge in [0.1, 0.15) is 11.3 Å². The van der Waals surface area contributed by atoms with Gasteiger partial charge in [-0.1, -0.05) is 54.1 Å². The van der Waals surface area contributed by atoms with Crippen LogP contribution in [0, 0.1) is 5.92 Å². The Balaban J connectivity index is 1.98. The average Bonchev–Trinajstić information content (AvgIpc) is 3.16. The van der Waals surface area contributed by atoms with Gasteiger partial charge in [-0.3, -0.25) is 9.59 Å². The topological polar surface area (TPSA) is 85.7 Å². The number of alkyl halides is 3. The minimum absolute atomic E-state index is 0.0453. The van der Waals surface area contributed by atoms with E-state index in [1.807, 2.05) is 0 Å². The number of aliphatic hydroxyl groups excluding tert-OH is 1. The highest BCUT2D eigenvalue weighted by Gasteiger charge is 2.60. The monoisotopic (exact) mass is 519 g/mol. The number of nitrogens with zero attached hydrogens (tertiary/aromatic N) is 1. The van der Waals surface area contributed by atoms with Crippen LogP contribution in [0.15, 0.2) is 66.9 Å². The van der Waals surface area contributed by atoms with Gasteiger partial charge in [0.25, 0.3) is 0 Å². The van der Waals surface area contributed by atoms with E-state index in [2.05, 4.69) is 4.98 Å². The van der Waals surface area contributed by atoms with Crippen LogP contribution in [-0.4, -0.2) is 35.6 Å². The fourth-order valence-corrected chi connectivity index (χ4v) is 4.99. The second-order valence-electron chi connectivity index (χ2n) is 8.43. The second kappa shape index (κ2) is 9.91. The number of pyridine rings is 1. The number of ether oxygens (including phenoxy) is 2. The predicted molar refractivity (Wildman–Crippen MR) is 124 cm³/mol. The summed E-state index contributed by atoms with van der Waals surface area (Å²) in [5, 5.41) is 11.2. The number of rotatable bonds is 6. The van der Waals surface area contributed by atoms with Crippen molar-refractivity contribution in [2.75, 3.05) is 7.11 Å². The van der Waals surface area contributed by atoms with E-state index in [9.17, 15) is 27.9 Å². The quantitative estimate of drug-likeness (QED) is 0.357. The molecule has 1 saturated carbocycles. The molecule has 0 unspecified atom stereocenters. The first-order valence-corrected chi connectivity index (χ1v) is 11.3. The van der Waals surface area contributed by atoms with Crippen LogP contribution in [0.25, 0.3) is 0 Å². The molecule has 188 valence electrons. The molecule has 4 rings (SSSR count). The Morgan fingerprint density at radius 3 is 2.42 bits per heavy atom. The first-order valence-electron chi connectivity index (χ1n) is 10.9. The minimum atomic E-state index is -4.57. The smallest absolute Gasteiger partial charge is 0.416 e. The molecule has 1 aromatic heterocycles. The highest BCUT2D eigenvalue weighted by atomic mass is 35.5. The summed E-state index contributed by atoms with van der Waals surface area (Å²) in [5.41, 5.74) is -1.74. The van der Waals surface area contributed by atoms with Gasteiger partial charge < -0.3 is 14.6 Å². The fraction of sp³-hybridized carbons (Fsp3) is 0.269. The molecule has 1 heterocycles. The van der Waals surface area contributed by atoms with Crippen LogP contribution in [-0.2, 0) is 21.3 Å². The zero-order valence-electron chi connectivity index (χ0n) is 18.9. The summed E-state index contributed by atoms with van der Waals surface area (Å²) < 4.78 is 51.3. The Labute approximate surface area is 209 Å². The molecule has 36 heavy (non-hydrogen) atoms. The van der Waals surface area contributed by atoms with E-state index in [-0.39, 0.29) is 28.5 Å². The van der Waals surface area contributed by atoms with Crippen LogP contribution < -0.4 is 4.74 Å². The predicted octanol–water partition coefficient (Wildman–Crippen LogP) is 5.18. The molecule has 0 saturated heterocycles. The van der Waals surface area contributed by atoms with Crippen molar-refractivity contribution >= 4 is 23.9 Å². The number of hydrogen-bond acceptors (Lipinski definition) is 6. The number of aldehydes is 1. The molecule has 1 aliphatic rings. The van der Waals surface area contributed by atoms with Crippen LogP contribution in [0.1, 0.15) is 39.5 Å². The molecule has 0 spiro atoms. The normalized spacial score (nSPS) is 23.8. The first kappa shape index (κ1) is 25.7. The van der Waals surface area contributed by atoms with Crippen LogP contribution in [0.4, 0.5) is 13.2 Å². The molecule has 1 aliphatic carbocycles. The summed E-state index contributed by atoms with van der Waals surface area (Å²) in [4.78, 5) is 28.5. The number of halogens is 4. The van der Waals surface area contributed by atoms with Crippen molar-refractivity contribution in [3.05, 3.63) is 94.3 Å². The van der Waals surface area contributed by atoms with E-state index in [0.29, 0.717) is 11.8 Å². The van der Waals surface area contributed by atoms with Gasteiger partial charge in [-0.15, -0.1) is 0 Å². The molecule has 3 aromatic rings. The van der Waals surface area contributed by atoms with Gasteiger partial charge in [0.05, 0.1) is 29.7 Å². The van der Waals surface area contributed by atoms with Gasteiger partial charge in [-0.25, -0.2) is 4.98 Å². The van der Waals surface area contributed by atoms with E-state index in [4.69, 9.17) is 21.1 Å². The molecule has 10 heteroatoms. The Hall–Kier alpha value is -3.43. The van der Waals surface area contributed by atoms with Gasteiger partial charge in [0.2, 0.25) is 0 Å². The second-order valence-corrected chi connectivity index (χ2v) is 8.87. The van der Waals surface area contributed by atoms with Crippen LogP contribution >= 0.6 is 11.6 Å². The molecule has 1 N–H and O–H groups in total. The summed E-state index contributed by atoms with van der Waals surface area (Å²) in [6.45, 7) is 0. The third kappa shape index (κ3) is 4.68. The lowest BCUT2D eigenvalue weighted by Crippen LogP contribution is -2.39. The number of benzene rings is 2. The largest absolute Gasteiger partial charge is 0.479 e. The van der Waals surface area contributed by atoms with Crippen molar-refractivity contribution in [3.8, 4) is 5.75 Å². The summed E-state index contributed by atoms with van der Waals surface area (Å²) in [6, 6.07) is 14.3. The Morgan fingerprint density at radius 1 is 1.17 bits per heavy atom. The van der Waals surface area contributed by atoms with Crippen LogP contribution in [0.3, 0.4) is 0 Å². The Bertz CT molecular complexity index is 1250. The van der Waals surface area contributed by atoms with Gasteiger partial charge in [-0.2, -0.15) is 13.2 Å². The summed E-state index contributed by atoms with van der Waals surface area (Å²) in [7, 11) is 1.18. The molecule has 2 aromatic carbocycles.